The van der Waals surface area contributed by atoms with Crippen molar-refractivity contribution >= 4 is 5.78 Å². The largest absolute Gasteiger partial charge is 0.294 e. The molecule has 0 spiro atoms. The summed E-state index contributed by atoms with van der Waals surface area (Å²) in [6.45, 7) is 5.96. The van der Waals surface area contributed by atoms with Gasteiger partial charge in [0, 0.05) is 12.0 Å². The molecule has 2 aromatic carbocycles. The van der Waals surface area contributed by atoms with Gasteiger partial charge in [0.1, 0.15) is 5.82 Å². The number of carbonyl (C=O) groups excluding carboxylic acids is 1. The van der Waals surface area contributed by atoms with Crippen molar-refractivity contribution in [3.8, 4) is 0 Å². The fraction of sp³-hybridized carbons (Fsp3) is 0.235. The van der Waals surface area contributed by atoms with E-state index in [0.29, 0.717) is 5.56 Å². The first kappa shape index (κ1) is 13.5. The van der Waals surface area contributed by atoms with Crippen molar-refractivity contribution < 1.29 is 9.18 Å². The number of halogens is 1. The second-order valence-electron chi connectivity index (χ2n) is 4.98. The number of carbonyl (C=O) groups is 1. The normalized spacial score (nSPS) is 10.5. The molecule has 0 unspecified atom stereocenters. The Morgan fingerprint density at radius 2 is 1.68 bits per heavy atom. The minimum Gasteiger partial charge on any atom is -0.294 e. The van der Waals surface area contributed by atoms with E-state index in [-0.39, 0.29) is 18.0 Å². The van der Waals surface area contributed by atoms with E-state index >= 15 is 0 Å². The summed E-state index contributed by atoms with van der Waals surface area (Å²) in [5, 5.41) is 0. The fourth-order valence-corrected chi connectivity index (χ4v) is 2.19. The summed E-state index contributed by atoms with van der Waals surface area (Å²) >= 11 is 0. The summed E-state index contributed by atoms with van der Waals surface area (Å²) in [6.07, 6.45) is 0.237. The van der Waals surface area contributed by atoms with Crippen molar-refractivity contribution in [2.45, 2.75) is 27.2 Å². The van der Waals surface area contributed by atoms with Gasteiger partial charge in [-0.05, 0) is 61.2 Å². The van der Waals surface area contributed by atoms with E-state index in [4.69, 9.17) is 0 Å². The lowest BCUT2D eigenvalue weighted by atomic mass is 9.95. The number of hydrogen-bond acceptors (Lipinski definition) is 1. The molecule has 0 atom stereocenters. The molecule has 2 heteroatoms. The van der Waals surface area contributed by atoms with Gasteiger partial charge < -0.3 is 0 Å². The Balaban J connectivity index is 2.28. The van der Waals surface area contributed by atoms with Gasteiger partial charge in [-0.15, -0.1) is 0 Å². The molecule has 2 aromatic rings. The van der Waals surface area contributed by atoms with Gasteiger partial charge in [0.25, 0.3) is 0 Å². The van der Waals surface area contributed by atoms with E-state index < -0.39 is 0 Å². The lowest BCUT2D eigenvalue weighted by molar-refractivity contribution is 0.0992. The number of aryl methyl sites for hydroxylation is 3. The summed E-state index contributed by atoms with van der Waals surface area (Å²) in [4.78, 5) is 12.3. The zero-order valence-corrected chi connectivity index (χ0v) is 11.5. The minimum atomic E-state index is -0.304. The van der Waals surface area contributed by atoms with Gasteiger partial charge >= 0.3 is 0 Å². The third kappa shape index (κ3) is 3.08. The summed E-state index contributed by atoms with van der Waals surface area (Å²) in [7, 11) is 0. The van der Waals surface area contributed by atoms with Gasteiger partial charge in [-0.1, -0.05) is 18.2 Å². The molecule has 0 bridgehead atoms. The van der Waals surface area contributed by atoms with E-state index in [0.717, 1.165) is 16.7 Å². The molecule has 1 nitrogen and oxygen atoms in total. The van der Waals surface area contributed by atoms with Gasteiger partial charge in [-0.25, -0.2) is 4.39 Å². The van der Waals surface area contributed by atoms with Crippen LogP contribution in [-0.2, 0) is 6.42 Å². The molecule has 0 aliphatic heterocycles. The molecule has 0 aliphatic carbocycles. The zero-order valence-electron chi connectivity index (χ0n) is 11.5. The van der Waals surface area contributed by atoms with Crippen molar-refractivity contribution in [1.29, 1.82) is 0 Å². The number of benzene rings is 2. The molecule has 0 aliphatic rings. The van der Waals surface area contributed by atoms with Crippen molar-refractivity contribution in [2.24, 2.45) is 0 Å². The van der Waals surface area contributed by atoms with Crippen LogP contribution in [0, 0.1) is 26.6 Å². The van der Waals surface area contributed by atoms with Crippen LogP contribution >= 0.6 is 0 Å². The van der Waals surface area contributed by atoms with E-state index in [2.05, 4.69) is 0 Å². The molecule has 98 valence electrons. The minimum absolute atomic E-state index is 0.0335. The van der Waals surface area contributed by atoms with Crippen LogP contribution in [0.3, 0.4) is 0 Å². The smallest absolute Gasteiger partial charge is 0.167 e. The van der Waals surface area contributed by atoms with Gasteiger partial charge in [0.2, 0.25) is 0 Å². The monoisotopic (exact) mass is 256 g/mol. The number of Topliss-reactive ketones (excluding diaryl/α,β-unsaturated/α-hetero) is 1. The average Bonchev–Trinajstić information content (AvgIpc) is 2.33. The van der Waals surface area contributed by atoms with Gasteiger partial charge in [-0.2, -0.15) is 0 Å². The Labute approximate surface area is 113 Å². The quantitative estimate of drug-likeness (QED) is 0.753. The first-order valence-corrected chi connectivity index (χ1v) is 6.33. The summed E-state index contributed by atoms with van der Waals surface area (Å²) < 4.78 is 13.1. The van der Waals surface area contributed by atoms with Crippen LogP contribution in [0.4, 0.5) is 4.39 Å². The van der Waals surface area contributed by atoms with Crippen molar-refractivity contribution in [3.63, 3.8) is 0 Å². The predicted molar refractivity (Wildman–Crippen MR) is 75.1 cm³/mol. The molecule has 0 amide bonds. The molecular weight excluding hydrogens is 239 g/mol. The Kier molecular flexibility index (Phi) is 3.79. The standard InChI is InChI=1S/C17H17FO/c1-11-7-13(3)16(8-12(11)2)17(19)10-14-5-4-6-15(18)9-14/h4-9H,10H2,1-3H3. The van der Waals surface area contributed by atoms with Crippen LogP contribution in [0.2, 0.25) is 0 Å². The van der Waals surface area contributed by atoms with Crippen LogP contribution in [0.15, 0.2) is 36.4 Å². The number of hydrogen-bond donors (Lipinski definition) is 0. The third-order valence-electron chi connectivity index (χ3n) is 3.39. The van der Waals surface area contributed by atoms with Gasteiger partial charge in [-0.3, -0.25) is 4.79 Å². The first-order chi connectivity index (χ1) is 8.97. The molecule has 19 heavy (non-hydrogen) atoms. The SMILES string of the molecule is Cc1cc(C)c(C(=O)Cc2cccc(F)c2)cc1C. The lowest BCUT2D eigenvalue weighted by Gasteiger charge is -2.09. The molecule has 0 radical (unpaired) electrons. The Morgan fingerprint density at radius 1 is 1.00 bits per heavy atom. The average molecular weight is 256 g/mol. The number of ketones is 1. The number of rotatable bonds is 3. The molecular formula is C17H17FO. The molecule has 0 fully saturated rings. The summed E-state index contributed by atoms with van der Waals surface area (Å²) in [5.41, 5.74) is 4.70. The topological polar surface area (TPSA) is 17.1 Å². The maximum absolute atomic E-state index is 13.1. The van der Waals surface area contributed by atoms with Crippen LogP contribution in [-0.4, -0.2) is 5.78 Å². The summed E-state index contributed by atoms with van der Waals surface area (Å²) in [5.74, 6) is -0.270. The highest BCUT2D eigenvalue weighted by atomic mass is 19.1. The third-order valence-corrected chi connectivity index (χ3v) is 3.39. The maximum Gasteiger partial charge on any atom is 0.167 e. The molecule has 0 heterocycles. The Hall–Kier alpha value is -1.96. The van der Waals surface area contributed by atoms with E-state index in [9.17, 15) is 9.18 Å². The second kappa shape index (κ2) is 5.35. The van der Waals surface area contributed by atoms with Crippen molar-refractivity contribution in [1.82, 2.24) is 0 Å². The highest BCUT2D eigenvalue weighted by Gasteiger charge is 2.11. The van der Waals surface area contributed by atoms with Crippen LogP contribution in [0.1, 0.15) is 32.6 Å². The van der Waals surface area contributed by atoms with Crippen LogP contribution in [0.5, 0.6) is 0 Å². The van der Waals surface area contributed by atoms with E-state index in [1.54, 1.807) is 12.1 Å². The Bertz CT molecular complexity index is 629. The predicted octanol–water partition coefficient (Wildman–Crippen LogP) is 4.18. The van der Waals surface area contributed by atoms with Crippen LogP contribution in [0.25, 0.3) is 0 Å². The summed E-state index contributed by atoms with van der Waals surface area (Å²) in [6, 6.07) is 10.1. The maximum atomic E-state index is 13.1. The lowest BCUT2D eigenvalue weighted by Crippen LogP contribution is -2.07. The van der Waals surface area contributed by atoms with E-state index in [1.807, 2.05) is 32.9 Å². The van der Waals surface area contributed by atoms with E-state index in [1.165, 1.54) is 17.7 Å². The van der Waals surface area contributed by atoms with Gasteiger partial charge in [0.15, 0.2) is 5.78 Å². The van der Waals surface area contributed by atoms with Gasteiger partial charge in [0.05, 0.1) is 0 Å². The zero-order chi connectivity index (χ0) is 14.0. The van der Waals surface area contributed by atoms with Crippen LogP contribution < -0.4 is 0 Å². The molecule has 0 aromatic heterocycles. The molecule has 2 rings (SSSR count). The van der Waals surface area contributed by atoms with Crippen molar-refractivity contribution in [2.75, 3.05) is 0 Å². The fourth-order valence-electron chi connectivity index (χ4n) is 2.19. The second-order valence-corrected chi connectivity index (χ2v) is 4.98. The molecule has 0 N–H and O–H groups in total. The Morgan fingerprint density at radius 3 is 2.37 bits per heavy atom. The molecule has 0 saturated carbocycles. The first-order valence-electron chi connectivity index (χ1n) is 6.33. The highest BCUT2D eigenvalue weighted by Crippen LogP contribution is 2.17. The molecule has 0 saturated heterocycles. The van der Waals surface area contributed by atoms with Crippen molar-refractivity contribution in [3.05, 3.63) is 70.0 Å². The highest BCUT2D eigenvalue weighted by molar-refractivity contribution is 5.99.